The van der Waals surface area contributed by atoms with Crippen molar-refractivity contribution in [1.29, 1.82) is 0 Å². The van der Waals surface area contributed by atoms with E-state index in [9.17, 15) is 18.0 Å². The molecule has 0 aromatic heterocycles. The first kappa shape index (κ1) is 21.2. The number of nitrogens with one attached hydrogen (secondary N) is 1. The summed E-state index contributed by atoms with van der Waals surface area (Å²) in [4.78, 5) is 23.4. The first-order valence-electron chi connectivity index (χ1n) is 9.11. The van der Waals surface area contributed by atoms with Gasteiger partial charge in [0.15, 0.2) is 0 Å². The quantitative estimate of drug-likeness (QED) is 0.640. The number of esters is 1. The minimum absolute atomic E-state index is 0.0321. The van der Waals surface area contributed by atoms with Gasteiger partial charge in [-0.05, 0) is 44.9 Å². The second kappa shape index (κ2) is 9.70. The molecule has 2 rings (SSSR count). The lowest BCUT2D eigenvalue weighted by Crippen LogP contribution is -2.28. The standard InChI is InChI=1S/C18H26N2O6S/c1-3-25-15-8-7-14(19-17(21)9-10-18(22)26-4-2)13-16(15)27(23,24)20-11-5-6-12-20/h7-8,13H,3-6,9-12H2,1-2H3,(H,19,21). The maximum atomic E-state index is 12.9. The van der Waals surface area contributed by atoms with Gasteiger partial charge in [0.1, 0.15) is 10.6 Å². The number of hydrogen-bond donors (Lipinski definition) is 1. The third-order valence-corrected chi connectivity index (χ3v) is 5.99. The Balaban J connectivity index is 2.16. The summed E-state index contributed by atoms with van der Waals surface area (Å²) in [5.41, 5.74) is 0.338. The predicted octanol–water partition coefficient (Wildman–Crippen LogP) is 2.15. The minimum Gasteiger partial charge on any atom is -0.492 e. The van der Waals surface area contributed by atoms with Crippen LogP contribution in [0.5, 0.6) is 5.75 Å². The van der Waals surface area contributed by atoms with Crippen LogP contribution in [0.25, 0.3) is 0 Å². The van der Waals surface area contributed by atoms with E-state index in [2.05, 4.69) is 5.32 Å². The second-order valence-electron chi connectivity index (χ2n) is 6.06. The van der Waals surface area contributed by atoms with Gasteiger partial charge < -0.3 is 14.8 Å². The van der Waals surface area contributed by atoms with E-state index in [0.717, 1.165) is 12.8 Å². The highest BCUT2D eigenvalue weighted by molar-refractivity contribution is 7.89. The molecule has 0 atom stereocenters. The molecule has 1 aromatic rings. The summed E-state index contributed by atoms with van der Waals surface area (Å²) in [6.45, 7) is 5.01. The third kappa shape index (κ3) is 5.67. The Hall–Kier alpha value is -2.13. The number of hydrogen-bond acceptors (Lipinski definition) is 6. The van der Waals surface area contributed by atoms with Crippen molar-refractivity contribution in [2.75, 3.05) is 31.6 Å². The molecule has 1 aliphatic rings. The molecule has 0 spiro atoms. The Kier molecular flexibility index (Phi) is 7.61. The van der Waals surface area contributed by atoms with Crippen LogP contribution in [0.1, 0.15) is 39.5 Å². The van der Waals surface area contributed by atoms with Crippen LogP contribution in [-0.2, 0) is 24.3 Å². The van der Waals surface area contributed by atoms with Crippen molar-refractivity contribution >= 4 is 27.6 Å². The number of sulfonamides is 1. The fourth-order valence-electron chi connectivity index (χ4n) is 2.80. The summed E-state index contributed by atoms with van der Waals surface area (Å²) in [7, 11) is -3.70. The largest absolute Gasteiger partial charge is 0.492 e. The molecule has 0 aliphatic carbocycles. The van der Waals surface area contributed by atoms with Crippen LogP contribution in [0.15, 0.2) is 23.1 Å². The van der Waals surface area contributed by atoms with Crippen molar-refractivity contribution in [2.24, 2.45) is 0 Å². The van der Waals surface area contributed by atoms with E-state index in [0.29, 0.717) is 25.4 Å². The van der Waals surface area contributed by atoms with Gasteiger partial charge >= 0.3 is 5.97 Å². The average molecular weight is 398 g/mol. The Labute approximate surface area is 159 Å². The highest BCUT2D eigenvalue weighted by Crippen LogP contribution is 2.31. The van der Waals surface area contributed by atoms with Crippen molar-refractivity contribution in [3.8, 4) is 5.75 Å². The molecule has 1 aromatic carbocycles. The van der Waals surface area contributed by atoms with Gasteiger partial charge in [-0.1, -0.05) is 0 Å². The number of amides is 1. The van der Waals surface area contributed by atoms with Crippen LogP contribution in [0, 0.1) is 0 Å². The summed E-state index contributed by atoms with van der Waals surface area (Å²) < 4.78 is 37.5. The van der Waals surface area contributed by atoms with E-state index in [1.807, 2.05) is 0 Å². The zero-order valence-corrected chi connectivity index (χ0v) is 16.5. The molecule has 1 heterocycles. The van der Waals surface area contributed by atoms with Crippen LogP contribution in [0.4, 0.5) is 5.69 Å². The molecule has 0 saturated carbocycles. The van der Waals surface area contributed by atoms with Crippen molar-refractivity contribution in [1.82, 2.24) is 4.31 Å². The highest BCUT2D eigenvalue weighted by Gasteiger charge is 2.30. The zero-order valence-electron chi connectivity index (χ0n) is 15.7. The Morgan fingerprint density at radius 1 is 1.11 bits per heavy atom. The molecule has 0 radical (unpaired) electrons. The number of ether oxygens (including phenoxy) is 2. The normalized spacial score (nSPS) is 14.7. The van der Waals surface area contributed by atoms with Gasteiger partial charge in [0.05, 0.1) is 19.6 Å². The molecule has 0 bridgehead atoms. The lowest BCUT2D eigenvalue weighted by molar-refractivity contribution is -0.144. The van der Waals surface area contributed by atoms with Crippen LogP contribution in [0.2, 0.25) is 0 Å². The van der Waals surface area contributed by atoms with E-state index < -0.39 is 21.9 Å². The van der Waals surface area contributed by atoms with Gasteiger partial charge in [0.25, 0.3) is 0 Å². The summed E-state index contributed by atoms with van der Waals surface area (Å²) in [6.07, 6.45) is 1.58. The van der Waals surface area contributed by atoms with Gasteiger partial charge in [-0.2, -0.15) is 4.31 Å². The van der Waals surface area contributed by atoms with Crippen molar-refractivity contribution in [3.05, 3.63) is 18.2 Å². The SMILES string of the molecule is CCOC(=O)CCC(=O)Nc1ccc(OCC)c(S(=O)(=O)N2CCCC2)c1. The van der Waals surface area contributed by atoms with Crippen LogP contribution < -0.4 is 10.1 Å². The number of anilines is 1. The van der Waals surface area contributed by atoms with E-state index in [4.69, 9.17) is 9.47 Å². The average Bonchev–Trinajstić information content (AvgIpc) is 3.17. The van der Waals surface area contributed by atoms with Crippen molar-refractivity contribution in [3.63, 3.8) is 0 Å². The highest BCUT2D eigenvalue weighted by atomic mass is 32.2. The molecule has 8 nitrogen and oxygen atoms in total. The number of rotatable bonds is 9. The minimum atomic E-state index is -3.70. The molecule has 150 valence electrons. The Morgan fingerprint density at radius 3 is 2.44 bits per heavy atom. The molecule has 1 N–H and O–H groups in total. The number of benzene rings is 1. The molecule has 9 heteroatoms. The first-order valence-corrected chi connectivity index (χ1v) is 10.5. The molecule has 1 amide bonds. The summed E-state index contributed by atoms with van der Waals surface area (Å²) in [5.74, 6) is -0.581. The summed E-state index contributed by atoms with van der Waals surface area (Å²) in [6, 6.07) is 4.52. The lowest BCUT2D eigenvalue weighted by Gasteiger charge is -2.19. The maximum Gasteiger partial charge on any atom is 0.306 e. The molecule has 1 fully saturated rings. The van der Waals surface area contributed by atoms with Crippen LogP contribution in [-0.4, -0.2) is 50.9 Å². The van der Waals surface area contributed by atoms with Crippen molar-refractivity contribution in [2.45, 2.75) is 44.4 Å². The summed E-state index contributed by atoms with van der Waals surface area (Å²) in [5, 5.41) is 2.63. The van der Waals surface area contributed by atoms with E-state index in [1.54, 1.807) is 19.9 Å². The predicted molar refractivity (Wildman–Crippen MR) is 100 cm³/mol. The van der Waals surface area contributed by atoms with E-state index >= 15 is 0 Å². The first-order chi connectivity index (χ1) is 12.9. The van der Waals surface area contributed by atoms with E-state index in [-0.39, 0.29) is 30.1 Å². The molecule has 1 saturated heterocycles. The van der Waals surface area contributed by atoms with Gasteiger partial charge in [0.2, 0.25) is 15.9 Å². The number of carbonyl (C=O) groups excluding carboxylic acids is 2. The molecule has 1 aliphatic heterocycles. The molecular formula is C18H26N2O6S. The molecule has 27 heavy (non-hydrogen) atoms. The molecule has 0 unspecified atom stereocenters. The Bertz CT molecular complexity index is 772. The zero-order chi connectivity index (χ0) is 19.9. The Morgan fingerprint density at radius 2 is 1.81 bits per heavy atom. The smallest absolute Gasteiger partial charge is 0.306 e. The fraction of sp³-hybridized carbons (Fsp3) is 0.556. The third-order valence-electron chi connectivity index (χ3n) is 4.07. The van der Waals surface area contributed by atoms with Gasteiger partial charge in [-0.25, -0.2) is 8.42 Å². The number of nitrogens with zero attached hydrogens (tertiary/aromatic N) is 1. The van der Waals surface area contributed by atoms with Gasteiger partial charge in [-0.3, -0.25) is 9.59 Å². The second-order valence-corrected chi connectivity index (χ2v) is 7.97. The van der Waals surface area contributed by atoms with E-state index in [1.165, 1.54) is 16.4 Å². The maximum absolute atomic E-state index is 12.9. The van der Waals surface area contributed by atoms with Gasteiger partial charge in [0, 0.05) is 25.2 Å². The topological polar surface area (TPSA) is 102 Å². The lowest BCUT2D eigenvalue weighted by atomic mass is 10.2. The monoisotopic (exact) mass is 398 g/mol. The fourth-order valence-corrected chi connectivity index (χ4v) is 4.48. The van der Waals surface area contributed by atoms with Crippen molar-refractivity contribution < 1.29 is 27.5 Å². The summed E-state index contributed by atoms with van der Waals surface area (Å²) >= 11 is 0. The van der Waals surface area contributed by atoms with Crippen LogP contribution in [0.3, 0.4) is 0 Å². The van der Waals surface area contributed by atoms with Gasteiger partial charge in [-0.15, -0.1) is 0 Å². The van der Waals surface area contributed by atoms with Crippen LogP contribution >= 0.6 is 0 Å². The molecular weight excluding hydrogens is 372 g/mol. The number of carbonyl (C=O) groups is 2.